The number of hydrogen-bond acceptors (Lipinski definition) is 5. The molecule has 0 spiro atoms. The molecule has 0 saturated heterocycles. The van der Waals surface area contributed by atoms with E-state index in [0.29, 0.717) is 24.6 Å². The van der Waals surface area contributed by atoms with Crippen LogP contribution in [-0.2, 0) is 24.2 Å². The number of aromatic nitrogens is 2. The summed E-state index contributed by atoms with van der Waals surface area (Å²) in [6, 6.07) is 21.5. The van der Waals surface area contributed by atoms with Crippen LogP contribution in [0.25, 0.3) is 10.8 Å². The van der Waals surface area contributed by atoms with Gasteiger partial charge >= 0.3 is 11.7 Å². The van der Waals surface area contributed by atoms with Gasteiger partial charge in [-0.1, -0.05) is 48.5 Å². The van der Waals surface area contributed by atoms with E-state index in [1.54, 1.807) is 12.1 Å². The van der Waals surface area contributed by atoms with E-state index in [0.717, 1.165) is 34.7 Å². The maximum absolute atomic E-state index is 12.2. The van der Waals surface area contributed by atoms with Gasteiger partial charge in [0, 0.05) is 6.42 Å². The fourth-order valence-electron chi connectivity index (χ4n) is 3.57. The lowest BCUT2D eigenvalue weighted by molar-refractivity contribution is -0.152. The highest BCUT2D eigenvalue weighted by atomic mass is 16.5. The molecule has 0 amide bonds. The molecule has 0 aliphatic heterocycles. The number of hydrogen-bond donors (Lipinski definition) is 1. The van der Waals surface area contributed by atoms with E-state index >= 15 is 0 Å². The lowest BCUT2D eigenvalue weighted by Crippen LogP contribution is -2.37. The van der Waals surface area contributed by atoms with Crippen LogP contribution < -0.4 is 10.5 Å². The van der Waals surface area contributed by atoms with Gasteiger partial charge in [0.15, 0.2) is 5.60 Å². The summed E-state index contributed by atoms with van der Waals surface area (Å²) in [6.45, 7) is 3.38. The van der Waals surface area contributed by atoms with Crippen molar-refractivity contribution in [3.63, 3.8) is 0 Å². The number of rotatable bonds is 9. The van der Waals surface area contributed by atoms with E-state index in [-0.39, 0.29) is 0 Å². The fraction of sp³-hybridized carbons (Fsp3) is 0.269. The number of aliphatic carboxylic acids is 1. The maximum atomic E-state index is 12.2. The zero-order valence-electron chi connectivity index (χ0n) is 18.7. The van der Waals surface area contributed by atoms with E-state index < -0.39 is 17.3 Å². The van der Waals surface area contributed by atoms with Crippen molar-refractivity contribution < 1.29 is 19.1 Å². The first-order chi connectivity index (χ1) is 15.8. The Hall–Kier alpha value is -3.87. The van der Waals surface area contributed by atoms with E-state index in [1.165, 1.54) is 18.5 Å². The van der Waals surface area contributed by atoms with Crippen molar-refractivity contribution >= 4 is 16.7 Å². The molecule has 1 aromatic heterocycles. The van der Waals surface area contributed by atoms with Crippen molar-refractivity contribution in [2.45, 2.75) is 45.3 Å². The first-order valence-electron chi connectivity index (χ1n) is 10.9. The van der Waals surface area contributed by atoms with Gasteiger partial charge in [0.25, 0.3) is 0 Å². The van der Waals surface area contributed by atoms with Crippen molar-refractivity contribution in [1.29, 1.82) is 0 Å². The molecule has 0 atom stereocenters. The Bertz CT molecular complexity index is 1320. The van der Waals surface area contributed by atoms with Crippen LogP contribution in [-0.4, -0.2) is 26.5 Å². The minimum absolute atomic E-state index is 0.362. The Morgan fingerprint density at radius 1 is 1.00 bits per heavy atom. The Kier molecular flexibility index (Phi) is 6.31. The molecule has 0 aliphatic rings. The molecule has 0 fully saturated rings. The SMILES string of the molecule is CC(C)(Oc1ccc(CCCc2nn(Cc3ccc4ccccc4c3)c(=O)o2)cc1)C(=O)O. The number of carbonyl (C=O) groups is 1. The Balaban J connectivity index is 1.32. The van der Waals surface area contributed by atoms with Crippen molar-refractivity contribution in [1.82, 2.24) is 9.78 Å². The lowest BCUT2D eigenvalue weighted by Gasteiger charge is -2.21. The second-order valence-electron chi connectivity index (χ2n) is 8.52. The van der Waals surface area contributed by atoms with Gasteiger partial charge in [0.1, 0.15) is 5.75 Å². The number of nitrogens with zero attached hydrogens (tertiary/aromatic N) is 2. The van der Waals surface area contributed by atoms with Crippen LogP contribution in [0.3, 0.4) is 0 Å². The number of benzene rings is 3. The molecule has 33 heavy (non-hydrogen) atoms. The normalized spacial score (nSPS) is 11.6. The molecule has 1 heterocycles. The molecule has 1 N–H and O–H groups in total. The van der Waals surface area contributed by atoms with Gasteiger partial charge in [0.05, 0.1) is 6.54 Å². The zero-order valence-corrected chi connectivity index (χ0v) is 18.7. The van der Waals surface area contributed by atoms with Crippen LogP contribution in [0.2, 0.25) is 0 Å². The van der Waals surface area contributed by atoms with E-state index in [4.69, 9.17) is 14.3 Å². The third-order valence-corrected chi connectivity index (χ3v) is 5.46. The maximum Gasteiger partial charge on any atom is 0.437 e. The number of aryl methyl sites for hydroxylation is 2. The van der Waals surface area contributed by atoms with Gasteiger partial charge in [-0.25, -0.2) is 9.59 Å². The summed E-state index contributed by atoms with van der Waals surface area (Å²) in [5.74, 6) is -0.553. The van der Waals surface area contributed by atoms with Gasteiger partial charge in [0.2, 0.25) is 5.89 Å². The summed E-state index contributed by atoms with van der Waals surface area (Å²) in [5, 5.41) is 15.8. The van der Waals surface area contributed by atoms with Crippen LogP contribution in [0.5, 0.6) is 5.75 Å². The van der Waals surface area contributed by atoms with Gasteiger partial charge in [-0.2, -0.15) is 4.68 Å². The highest BCUT2D eigenvalue weighted by Crippen LogP contribution is 2.20. The van der Waals surface area contributed by atoms with Gasteiger partial charge in [-0.15, -0.1) is 5.10 Å². The monoisotopic (exact) mass is 446 g/mol. The minimum atomic E-state index is -1.29. The van der Waals surface area contributed by atoms with Crippen molar-refractivity contribution in [3.05, 3.63) is 94.3 Å². The summed E-state index contributed by atoms with van der Waals surface area (Å²) in [5.41, 5.74) is 0.780. The molecule has 170 valence electrons. The molecule has 0 aliphatic carbocycles. The van der Waals surface area contributed by atoms with Crippen LogP contribution in [0, 0.1) is 0 Å². The predicted octanol–water partition coefficient (Wildman–Crippen LogP) is 4.46. The Morgan fingerprint density at radius 2 is 1.70 bits per heavy atom. The summed E-state index contributed by atoms with van der Waals surface area (Å²) in [4.78, 5) is 23.4. The standard InChI is InChI=1S/C26H26N2O5/c1-26(2,24(29)30)33-22-14-11-18(12-15-22)6-5-9-23-27-28(25(31)32-23)17-19-10-13-20-7-3-4-8-21(20)16-19/h3-4,7-8,10-16H,5-6,9,17H2,1-2H3,(H,29,30). The van der Waals surface area contributed by atoms with Crippen LogP contribution in [0.1, 0.15) is 37.3 Å². The van der Waals surface area contributed by atoms with Crippen LogP contribution in [0.15, 0.2) is 75.9 Å². The average molecular weight is 447 g/mol. The zero-order chi connectivity index (χ0) is 23.4. The van der Waals surface area contributed by atoms with Crippen LogP contribution in [0.4, 0.5) is 0 Å². The van der Waals surface area contributed by atoms with Gasteiger partial charge in [-0.3, -0.25) is 0 Å². The fourth-order valence-corrected chi connectivity index (χ4v) is 3.57. The highest BCUT2D eigenvalue weighted by molar-refractivity contribution is 5.83. The molecule has 4 aromatic rings. The highest BCUT2D eigenvalue weighted by Gasteiger charge is 2.29. The van der Waals surface area contributed by atoms with Gasteiger partial charge < -0.3 is 14.3 Å². The Labute approximate surface area is 191 Å². The molecule has 0 saturated carbocycles. The molecular formula is C26H26N2O5. The topological polar surface area (TPSA) is 94.6 Å². The van der Waals surface area contributed by atoms with Crippen molar-refractivity contribution in [2.75, 3.05) is 0 Å². The van der Waals surface area contributed by atoms with E-state index in [9.17, 15) is 9.59 Å². The minimum Gasteiger partial charge on any atom is -0.478 e. The largest absolute Gasteiger partial charge is 0.478 e. The van der Waals surface area contributed by atoms with Crippen molar-refractivity contribution in [3.8, 4) is 5.75 Å². The molecular weight excluding hydrogens is 420 g/mol. The van der Waals surface area contributed by atoms with Gasteiger partial charge in [-0.05, 0) is 66.8 Å². The van der Waals surface area contributed by atoms with Crippen molar-refractivity contribution in [2.24, 2.45) is 0 Å². The lowest BCUT2D eigenvalue weighted by atomic mass is 10.1. The molecule has 7 nitrogen and oxygen atoms in total. The van der Waals surface area contributed by atoms with E-state index in [1.807, 2.05) is 42.5 Å². The predicted molar refractivity (Wildman–Crippen MR) is 125 cm³/mol. The summed E-state index contributed by atoms with van der Waals surface area (Å²) in [7, 11) is 0. The van der Waals surface area contributed by atoms with E-state index in [2.05, 4.69) is 17.2 Å². The summed E-state index contributed by atoms with van der Waals surface area (Å²) >= 11 is 0. The summed E-state index contributed by atoms with van der Waals surface area (Å²) in [6.07, 6.45) is 2.07. The number of carboxylic acids is 1. The molecule has 0 bridgehead atoms. The second kappa shape index (κ2) is 9.32. The first-order valence-corrected chi connectivity index (χ1v) is 10.9. The first kappa shape index (κ1) is 22.3. The second-order valence-corrected chi connectivity index (χ2v) is 8.52. The number of carboxylic acid groups (broad SMARTS) is 1. The number of ether oxygens (including phenoxy) is 1. The molecule has 0 unspecified atom stereocenters. The quantitative estimate of drug-likeness (QED) is 0.408. The summed E-state index contributed by atoms with van der Waals surface area (Å²) < 4.78 is 12.2. The number of fused-ring (bicyclic) bond motifs is 1. The molecule has 7 heteroatoms. The third kappa shape index (κ3) is 5.49. The molecule has 0 radical (unpaired) electrons. The average Bonchev–Trinajstić information content (AvgIpc) is 3.13. The molecule has 3 aromatic carbocycles. The smallest absolute Gasteiger partial charge is 0.437 e. The third-order valence-electron chi connectivity index (χ3n) is 5.46. The Morgan fingerprint density at radius 3 is 2.42 bits per heavy atom. The van der Waals surface area contributed by atoms with Crippen LogP contribution >= 0.6 is 0 Å². The molecule has 4 rings (SSSR count).